The third-order valence-corrected chi connectivity index (χ3v) is 12.3. The molecule has 286 valence electrons. The number of nitrogens with zero attached hydrogens (tertiary/aromatic N) is 7. The number of fused-ring (bicyclic) bond motifs is 2. The summed E-state index contributed by atoms with van der Waals surface area (Å²) in [6.45, 7) is 8.76. The maximum atomic E-state index is 13.4. The van der Waals surface area contributed by atoms with E-state index >= 15 is 0 Å². The van der Waals surface area contributed by atoms with E-state index in [1.165, 1.54) is 5.69 Å². The standard InChI is InChI=1S/C41H47ClN10O3/c42-33-21-44-41(47-39(33)31-20-43-34-6-2-1-5-30(31)34)45-29-12-15-51(24-29)38(54)26-48-13-10-27(11-14-48)22-49-16-18-50(19-17-49)35-7-3-4-28-23-52(25-32(28)35)36-8-9-37(53)46-40(36)55/h1-7,20-21,23,25,27,29,36,43H,8-19,22,24,26H2,(H,44,45,47)(H,46,53,55)/t29-,36?/m1/s1. The van der Waals surface area contributed by atoms with Crippen molar-refractivity contribution in [1.29, 1.82) is 0 Å². The lowest BCUT2D eigenvalue weighted by Crippen LogP contribution is -2.49. The molecule has 4 saturated heterocycles. The molecule has 1 unspecified atom stereocenters. The van der Waals surface area contributed by atoms with E-state index in [-0.39, 0.29) is 29.8 Å². The number of likely N-dealkylation sites (tertiary alicyclic amines) is 2. The highest BCUT2D eigenvalue weighted by Gasteiger charge is 2.31. The predicted octanol–water partition coefficient (Wildman–Crippen LogP) is 4.76. The Hall–Kier alpha value is -4.98. The number of carbonyl (C=O) groups excluding carboxylic acids is 3. The highest BCUT2D eigenvalue weighted by molar-refractivity contribution is 6.33. The van der Waals surface area contributed by atoms with Gasteiger partial charge in [0.15, 0.2) is 0 Å². The van der Waals surface area contributed by atoms with E-state index in [1.54, 1.807) is 6.20 Å². The maximum Gasteiger partial charge on any atom is 0.249 e. The molecule has 7 heterocycles. The van der Waals surface area contributed by atoms with Gasteiger partial charge in [0.2, 0.25) is 23.7 Å². The maximum absolute atomic E-state index is 13.4. The Kier molecular flexibility index (Phi) is 9.92. The van der Waals surface area contributed by atoms with Crippen molar-refractivity contribution in [2.24, 2.45) is 5.92 Å². The van der Waals surface area contributed by atoms with E-state index in [2.05, 4.69) is 65.8 Å². The van der Waals surface area contributed by atoms with Crippen LogP contribution in [0.25, 0.3) is 32.9 Å². The van der Waals surface area contributed by atoms with Gasteiger partial charge in [-0.15, -0.1) is 0 Å². The Bertz CT molecular complexity index is 2220. The van der Waals surface area contributed by atoms with Crippen molar-refractivity contribution in [3.8, 4) is 11.3 Å². The molecule has 55 heavy (non-hydrogen) atoms. The second kappa shape index (κ2) is 15.3. The zero-order valence-electron chi connectivity index (χ0n) is 30.9. The van der Waals surface area contributed by atoms with Crippen molar-refractivity contribution in [2.75, 3.05) is 75.7 Å². The van der Waals surface area contributed by atoms with Crippen LogP contribution in [-0.4, -0.2) is 123 Å². The predicted molar refractivity (Wildman–Crippen MR) is 214 cm³/mol. The molecule has 4 aliphatic heterocycles. The molecule has 4 aliphatic rings. The van der Waals surface area contributed by atoms with E-state index in [9.17, 15) is 14.4 Å². The number of anilines is 2. The number of piperazine rings is 1. The fourth-order valence-electron chi connectivity index (χ4n) is 8.93. The van der Waals surface area contributed by atoms with Crippen LogP contribution in [0, 0.1) is 5.92 Å². The molecular weight excluding hydrogens is 716 g/mol. The number of aromatic nitrogens is 4. The molecule has 5 aromatic rings. The van der Waals surface area contributed by atoms with Crippen LogP contribution in [0.4, 0.5) is 11.6 Å². The molecule has 0 spiro atoms. The lowest BCUT2D eigenvalue weighted by atomic mass is 9.96. The van der Waals surface area contributed by atoms with Crippen LogP contribution < -0.4 is 15.5 Å². The number of carbonyl (C=O) groups is 3. The number of para-hydroxylation sites is 1. The summed E-state index contributed by atoms with van der Waals surface area (Å²) in [5.74, 6) is 0.935. The largest absolute Gasteiger partial charge is 0.368 e. The molecule has 13 nitrogen and oxygen atoms in total. The molecule has 2 aromatic carbocycles. The first-order valence-electron chi connectivity index (χ1n) is 19.6. The summed E-state index contributed by atoms with van der Waals surface area (Å²) in [6.07, 6.45) is 11.6. The first kappa shape index (κ1) is 35.7. The van der Waals surface area contributed by atoms with Crippen molar-refractivity contribution in [3.05, 3.63) is 72.3 Å². The second-order valence-corrected chi connectivity index (χ2v) is 16.0. The first-order valence-corrected chi connectivity index (χ1v) is 20.0. The normalized spacial score (nSPS) is 21.8. The summed E-state index contributed by atoms with van der Waals surface area (Å²) in [5.41, 5.74) is 3.85. The SMILES string of the molecule is O=C1CCC(n2cc3cccc(N4CCN(CC5CCN(CC(=O)N6CC[C@@H](Nc7ncc(Cl)c(-c8c[nH]c9ccccc89)n7)C6)CC5)CC4)c3c2)C(=O)N1. The van der Waals surface area contributed by atoms with Crippen LogP contribution in [0.3, 0.4) is 0 Å². The van der Waals surface area contributed by atoms with Gasteiger partial charge in [-0.05, 0) is 56.8 Å². The molecule has 0 radical (unpaired) electrons. The van der Waals surface area contributed by atoms with Crippen LogP contribution in [0.2, 0.25) is 5.02 Å². The van der Waals surface area contributed by atoms with Gasteiger partial charge in [0.05, 0.1) is 23.5 Å². The minimum absolute atomic E-state index is 0.0824. The van der Waals surface area contributed by atoms with E-state index < -0.39 is 0 Å². The fourth-order valence-corrected chi connectivity index (χ4v) is 9.12. The van der Waals surface area contributed by atoms with Gasteiger partial charge in [-0.2, -0.15) is 0 Å². The van der Waals surface area contributed by atoms with Gasteiger partial charge in [0.25, 0.3) is 0 Å². The van der Waals surface area contributed by atoms with E-state index in [0.29, 0.717) is 48.5 Å². The van der Waals surface area contributed by atoms with E-state index in [0.717, 1.165) is 98.9 Å². The lowest BCUT2D eigenvalue weighted by molar-refractivity contribution is -0.136. The Morgan fingerprint density at radius 1 is 0.891 bits per heavy atom. The highest BCUT2D eigenvalue weighted by Crippen LogP contribution is 2.34. The third kappa shape index (κ3) is 7.52. The Morgan fingerprint density at radius 3 is 2.56 bits per heavy atom. The summed E-state index contributed by atoms with van der Waals surface area (Å²) < 4.78 is 1.98. The monoisotopic (exact) mass is 762 g/mol. The minimum atomic E-state index is -0.350. The van der Waals surface area contributed by atoms with Crippen molar-refractivity contribution >= 4 is 62.6 Å². The van der Waals surface area contributed by atoms with E-state index in [1.807, 2.05) is 40.1 Å². The average molecular weight is 763 g/mol. The van der Waals surface area contributed by atoms with E-state index in [4.69, 9.17) is 16.6 Å². The van der Waals surface area contributed by atoms with Crippen LogP contribution >= 0.6 is 11.6 Å². The number of imide groups is 1. The molecule has 9 rings (SSSR count). The Balaban J connectivity index is 0.721. The van der Waals surface area contributed by atoms with Crippen LogP contribution in [0.1, 0.15) is 38.1 Å². The van der Waals surface area contributed by atoms with Gasteiger partial charge >= 0.3 is 0 Å². The summed E-state index contributed by atoms with van der Waals surface area (Å²) in [5, 5.41) is 9.75. The van der Waals surface area contributed by atoms with Crippen LogP contribution in [0.5, 0.6) is 0 Å². The van der Waals surface area contributed by atoms with Gasteiger partial charge in [0.1, 0.15) is 6.04 Å². The van der Waals surface area contributed by atoms with Crippen LogP contribution in [0.15, 0.2) is 67.3 Å². The first-order chi connectivity index (χ1) is 26.8. The van der Waals surface area contributed by atoms with Crippen molar-refractivity contribution in [3.63, 3.8) is 0 Å². The number of nitrogens with one attached hydrogen (secondary N) is 3. The smallest absolute Gasteiger partial charge is 0.249 e. The van der Waals surface area contributed by atoms with Crippen molar-refractivity contribution in [1.82, 2.24) is 39.5 Å². The van der Waals surface area contributed by atoms with Gasteiger partial charge in [-0.1, -0.05) is 41.9 Å². The highest BCUT2D eigenvalue weighted by atomic mass is 35.5. The van der Waals surface area contributed by atoms with Crippen LogP contribution in [-0.2, 0) is 14.4 Å². The molecule has 2 atom stereocenters. The van der Waals surface area contributed by atoms with Crippen molar-refractivity contribution < 1.29 is 14.4 Å². The quantitative estimate of drug-likeness (QED) is 0.182. The summed E-state index contributed by atoms with van der Waals surface area (Å²) in [6, 6.07) is 14.2. The number of benzene rings is 2. The molecule has 0 saturated carbocycles. The number of hydrogen-bond acceptors (Lipinski definition) is 9. The molecule has 0 aliphatic carbocycles. The second-order valence-electron chi connectivity index (χ2n) is 15.6. The topological polar surface area (TPSA) is 135 Å². The Morgan fingerprint density at radius 2 is 1.73 bits per heavy atom. The summed E-state index contributed by atoms with van der Waals surface area (Å²) in [7, 11) is 0. The molecule has 14 heteroatoms. The molecule has 3 aromatic heterocycles. The lowest BCUT2D eigenvalue weighted by Gasteiger charge is -2.39. The fraction of sp³-hybridized carbons (Fsp3) is 0.439. The molecule has 4 fully saturated rings. The number of H-pyrrole nitrogens is 1. The van der Waals surface area contributed by atoms with Gasteiger partial charge in [-0.3, -0.25) is 29.5 Å². The number of piperidine rings is 2. The Labute approximate surface area is 325 Å². The number of rotatable bonds is 9. The van der Waals surface area contributed by atoms with Gasteiger partial charge < -0.3 is 24.7 Å². The summed E-state index contributed by atoms with van der Waals surface area (Å²) in [4.78, 5) is 59.5. The number of hydrogen-bond donors (Lipinski definition) is 3. The number of halogens is 1. The van der Waals surface area contributed by atoms with Crippen molar-refractivity contribution in [2.45, 2.75) is 44.2 Å². The minimum Gasteiger partial charge on any atom is -0.368 e. The molecule has 0 bridgehead atoms. The number of aromatic amines is 1. The third-order valence-electron chi connectivity index (χ3n) is 12.0. The van der Waals surface area contributed by atoms with Gasteiger partial charge in [0, 0.05) is 110 Å². The molecule has 3 N–H and O–H groups in total. The summed E-state index contributed by atoms with van der Waals surface area (Å²) >= 11 is 6.54. The van der Waals surface area contributed by atoms with Gasteiger partial charge in [-0.25, -0.2) is 9.97 Å². The zero-order valence-corrected chi connectivity index (χ0v) is 31.7. The number of amides is 3. The molecule has 3 amide bonds. The zero-order chi connectivity index (χ0) is 37.5. The molecular formula is C41H47ClN10O3. The average Bonchev–Trinajstić information content (AvgIpc) is 3.96.